The van der Waals surface area contributed by atoms with E-state index >= 15 is 0 Å². The molecule has 45 heavy (non-hydrogen) atoms. The molecular weight excluding hydrogens is 612 g/mol. The summed E-state index contributed by atoms with van der Waals surface area (Å²) >= 11 is 6.34. The van der Waals surface area contributed by atoms with Crippen molar-refractivity contribution in [2.24, 2.45) is 17.8 Å². The number of anilines is 1. The van der Waals surface area contributed by atoms with Crippen molar-refractivity contribution in [1.82, 2.24) is 4.72 Å². The van der Waals surface area contributed by atoms with Gasteiger partial charge in [-0.05, 0) is 112 Å². The molecule has 8 nitrogen and oxygen atoms in total. The lowest BCUT2D eigenvalue weighted by Crippen LogP contribution is -2.52. The van der Waals surface area contributed by atoms with Gasteiger partial charge in [0.2, 0.25) is 10.0 Å². The SMILES string of the molecule is CO[C@@]1(C[C@@H](C)O)/C=C/C[C@H](C)[C@@H](C)S(=O)(=O)NC(=O)c2ccc3c(c2)N(CCCCc2cc(Cl)ccc2CO3)C[C@@H]2CC[C@H]21. The van der Waals surface area contributed by atoms with Crippen molar-refractivity contribution < 1.29 is 27.8 Å². The molecule has 2 heterocycles. The van der Waals surface area contributed by atoms with Crippen LogP contribution in [0.2, 0.25) is 5.02 Å². The summed E-state index contributed by atoms with van der Waals surface area (Å²) in [5.41, 5.74) is 2.59. The van der Waals surface area contributed by atoms with E-state index in [0.29, 0.717) is 30.2 Å². The molecule has 0 saturated heterocycles. The Balaban J connectivity index is 1.59. The molecule has 2 aromatic rings. The average Bonchev–Trinajstić information content (AvgIpc) is 3.00. The number of aliphatic hydroxyl groups excluding tert-OH is 1. The number of hydrogen-bond donors (Lipinski definition) is 2. The Bertz CT molecular complexity index is 1510. The third kappa shape index (κ3) is 7.53. The van der Waals surface area contributed by atoms with Crippen LogP contribution in [0.25, 0.3) is 0 Å². The smallest absolute Gasteiger partial charge is 0.264 e. The second-order valence-corrected chi connectivity index (χ2v) is 15.7. The second kappa shape index (κ2) is 14.0. The summed E-state index contributed by atoms with van der Waals surface area (Å²) in [5.74, 6) is 0.179. The van der Waals surface area contributed by atoms with Gasteiger partial charge in [0.05, 0.1) is 22.6 Å². The van der Waals surface area contributed by atoms with E-state index in [1.54, 1.807) is 39.2 Å². The Labute approximate surface area is 273 Å². The van der Waals surface area contributed by atoms with Crippen LogP contribution < -0.4 is 14.4 Å². The molecule has 3 aliphatic rings. The van der Waals surface area contributed by atoms with Crippen LogP contribution in [0.15, 0.2) is 48.6 Å². The molecular formula is C35H47ClN2O6S. The summed E-state index contributed by atoms with van der Waals surface area (Å²) in [6.07, 6.45) is 9.15. The maximum absolute atomic E-state index is 13.4. The summed E-state index contributed by atoms with van der Waals surface area (Å²) < 4.78 is 41.7. The largest absolute Gasteiger partial charge is 0.487 e. The number of amides is 1. The summed E-state index contributed by atoms with van der Waals surface area (Å²) in [4.78, 5) is 15.7. The highest BCUT2D eigenvalue weighted by Gasteiger charge is 2.47. The lowest BCUT2D eigenvalue weighted by Gasteiger charge is -2.50. The first-order valence-electron chi connectivity index (χ1n) is 16.2. The highest BCUT2D eigenvalue weighted by molar-refractivity contribution is 7.90. The normalized spacial score (nSPS) is 30.3. The van der Waals surface area contributed by atoms with E-state index in [2.05, 4.69) is 15.7 Å². The zero-order valence-corrected chi connectivity index (χ0v) is 28.4. The fraction of sp³-hybridized carbons (Fsp3) is 0.571. The number of aryl methyl sites for hydroxylation is 1. The molecule has 1 fully saturated rings. The van der Waals surface area contributed by atoms with Crippen LogP contribution in [0.1, 0.15) is 80.8 Å². The number of halogens is 1. The number of aliphatic hydroxyl groups is 1. The van der Waals surface area contributed by atoms with Gasteiger partial charge in [-0.1, -0.05) is 36.7 Å². The van der Waals surface area contributed by atoms with Gasteiger partial charge in [-0.3, -0.25) is 4.79 Å². The van der Waals surface area contributed by atoms with Crippen LogP contribution in [0.4, 0.5) is 5.69 Å². The molecule has 2 bridgehead atoms. The van der Waals surface area contributed by atoms with Crippen molar-refractivity contribution in [2.45, 2.75) is 89.3 Å². The van der Waals surface area contributed by atoms with E-state index in [-0.39, 0.29) is 23.3 Å². The van der Waals surface area contributed by atoms with Gasteiger partial charge in [0.15, 0.2) is 0 Å². The van der Waals surface area contributed by atoms with Crippen molar-refractivity contribution in [2.75, 3.05) is 25.1 Å². The van der Waals surface area contributed by atoms with Crippen LogP contribution in [0.3, 0.4) is 0 Å². The fourth-order valence-electron chi connectivity index (χ4n) is 7.16. The predicted molar refractivity (Wildman–Crippen MR) is 178 cm³/mol. The van der Waals surface area contributed by atoms with Gasteiger partial charge in [0, 0.05) is 37.2 Å². The van der Waals surface area contributed by atoms with Gasteiger partial charge in [-0.15, -0.1) is 0 Å². The second-order valence-electron chi connectivity index (χ2n) is 13.2. The lowest BCUT2D eigenvalue weighted by atomic mass is 9.62. The summed E-state index contributed by atoms with van der Waals surface area (Å²) in [6.45, 7) is 7.10. The van der Waals surface area contributed by atoms with Gasteiger partial charge in [0.25, 0.3) is 5.91 Å². The number of carbonyl (C=O) groups is 1. The molecule has 0 aromatic heterocycles. The number of methoxy groups -OCH3 is 1. The molecule has 10 heteroatoms. The molecule has 0 radical (unpaired) electrons. The number of allylic oxidation sites excluding steroid dienone is 1. The van der Waals surface area contributed by atoms with Crippen LogP contribution in [0, 0.1) is 17.8 Å². The Morgan fingerprint density at radius 3 is 2.67 bits per heavy atom. The third-order valence-corrected chi connectivity index (χ3v) is 12.3. The van der Waals surface area contributed by atoms with Crippen molar-refractivity contribution in [1.29, 1.82) is 0 Å². The molecule has 1 aliphatic carbocycles. The maximum Gasteiger partial charge on any atom is 0.264 e. The number of sulfonamides is 1. The molecule has 2 N–H and O–H groups in total. The average molecular weight is 659 g/mol. The van der Waals surface area contributed by atoms with Crippen LogP contribution >= 0.6 is 11.6 Å². The lowest BCUT2D eigenvalue weighted by molar-refractivity contribution is -0.0960. The van der Waals surface area contributed by atoms with Crippen molar-refractivity contribution in [3.63, 3.8) is 0 Å². The molecule has 2 aromatic carbocycles. The summed E-state index contributed by atoms with van der Waals surface area (Å²) in [6, 6.07) is 11.1. The third-order valence-electron chi connectivity index (χ3n) is 10.2. The Kier molecular flexibility index (Phi) is 10.5. The first kappa shape index (κ1) is 33.8. The first-order valence-corrected chi connectivity index (χ1v) is 18.1. The number of hydrogen-bond acceptors (Lipinski definition) is 7. The molecule has 1 amide bonds. The van der Waals surface area contributed by atoms with E-state index in [0.717, 1.165) is 56.4 Å². The molecule has 1 saturated carbocycles. The minimum atomic E-state index is -3.96. The number of rotatable bonds is 3. The van der Waals surface area contributed by atoms with E-state index in [1.807, 2.05) is 31.2 Å². The van der Waals surface area contributed by atoms with Crippen LogP contribution in [-0.2, 0) is 27.8 Å². The molecule has 2 aliphatic heterocycles. The van der Waals surface area contributed by atoms with Gasteiger partial charge in [-0.25, -0.2) is 13.1 Å². The zero-order valence-electron chi connectivity index (χ0n) is 26.8. The predicted octanol–water partition coefficient (Wildman–Crippen LogP) is 6.29. The molecule has 6 atom stereocenters. The zero-order chi connectivity index (χ0) is 32.4. The molecule has 0 unspecified atom stereocenters. The minimum absolute atomic E-state index is 0.165. The number of nitrogens with one attached hydrogen (secondary N) is 1. The standard InChI is InChI=1S/C35H47ClN2O6S/c1-23-8-7-16-35(43-4,20-24(2)39)31-14-11-28(31)21-38-17-6-5-9-26-18-30(36)13-10-29(26)22-44-33-15-12-27(19-32(33)38)34(40)37-45(41,42)25(23)3/h7,10,12-13,15-16,18-19,23-25,28,31,39H,5-6,8-9,11,14,17,20-22H2,1-4H3,(H,37,40)/b16-7+/t23-,24+,25+,28-,31+,35+/m0/s1. The first-order chi connectivity index (χ1) is 21.4. The number of ether oxygens (including phenoxy) is 2. The van der Waals surface area contributed by atoms with Crippen molar-refractivity contribution in [3.05, 3.63) is 70.3 Å². The summed E-state index contributed by atoms with van der Waals surface area (Å²) in [7, 11) is -2.25. The van der Waals surface area contributed by atoms with Gasteiger partial charge in [0.1, 0.15) is 12.4 Å². The number of carbonyl (C=O) groups excluding carboxylic acids is 1. The van der Waals surface area contributed by atoms with Crippen LogP contribution in [-0.4, -0.2) is 56.6 Å². The fourth-order valence-corrected chi connectivity index (χ4v) is 8.64. The molecule has 246 valence electrons. The Morgan fingerprint density at radius 2 is 1.96 bits per heavy atom. The van der Waals surface area contributed by atoms with Gasteiger partial charge < -0.3 is 19.5 Å². The van der Waals surface area contributed by atoms with E-state index < -0.39 is 32.9 Å². The van der Waals surface area contributed by atoms with E-state index in [1.165, 1.54) is 5.56 Å². The monoisotopic (exact) mass is 658 g/mol. The number of fused-ring (bicyclic) bond motifs is 3. The highest BCUT2D eigenvalue weighted by Crippen LogP contribution is 2.48. The highest BCUT2D eigenvalue weighted by atomic mass is 35.5. The quantitative estimate of drug-likeness (QED) is 0.374. The minimum Gasteiger partial charge on any atom is -0.487 e. The Hall–Kier alpha value is -2.59. The van der Waals surface area contributed by atoms with Crippen molar-refractivity contribution in [3.8, 4) is 5.75 Å². The van der Waals surface area contributed by atoms with Crippen molar-refractivity contribution >= 4 is 33.2 Å². The molecule has 0 spiro atoms. The number of nitrogens with zero attached hydrogens (tertiary/aromatic N) is 1. The number of benzene rings is 2. The summed E-state index contributed by atoms with van der Waals surface area (Å²) in [5, 5.41) is 10.5. The molecule has 5 rings (SSSR count). The van der Waals surface area contributed by atoms with E-state index in [9.17, 15) is 18.3 Å². The topological polar surface area (TPSA) is 105 Å². The van der Waals surface area contributed by atoms with Gasteiger partial charge >= 0.3 is 0 Å². The van der Waals surface area contributed by atoms with Crippen LogP contribution in [0.5, 0.6) is 5.75 Å². The van der Waals surface area contributed by atoms with Gasteiger partial charge in [-0.2, -0.15) is 0 Å². The maximum atomic E-state index is 13.4. The van der Waals surface area contributed by atoms with E-state index in [4.69, 9.17) is 21.1 Å². The Morgan fingerprint density at radius 1 is 1.16 bits per heavy atom.